The molecule has 0 unspecified atom stereocenters. The monoisotopic (exact) mass is 347 g/mol. The molecule has 0 aliphatic carbocycles. The molecule has 8 heteroatoms. The summed E-state index contributed by atoms with van der Waals surface area (Å²) < 4.78 is 31.9. The highest BCUT2D eigenvalue weighted by molar-refractivity contribution is 7.89. The van der Waals surface area contributed by atoms with Crippen LogP contribution in [0.5, 0.6) is 5.75 Å². The van der Waals surface area contributed by atoms with Crippen molar-refractivity contribution in [2.75, 3.05) is 31.6 Å². The Kier molecular flexibility index (Phi) is 4.50. The highest BCUT2D eigenvalue weighted by Gasteiger charge is 2.34. The molecule has 0 N–H and O–H groups in total. The third-order valence-electron chi connectivity index (χ3n) is 3.83. The maximum atomic E-state index is 12.8. The SMILES string of the molecule is COc1ccccc1S(=O)(=O)N1CCN(c2cccnc2)C(=O)C1. The number of aromatic nitrogens is 1. The number of carbonyl (C=O) groups is 1. The summed E-state index contributed by atoms with van der Waals surface area (Å²) in [7, 11) is -2.38. The third kappa shape index (κ3) is 2.98. The second-order valence-electron chi connectivity index (χ2n) is 5.25. The molecule has 0 bridgehead atoms. The van der Waals surface area contributed by atoms with E-state index in [-0.39, 0.29) is 36.2 Å². The number of ether oxygens (including phenoxy) is 1. The van der Waals surface area contributed by atoms with Gasteiger partial charge in [0.2, 0.25) is 15.9 Å². The van der Waals surface area contributed by atoms with Gasteiger partial charge in [0.1, 0.15) is 10.6 Å². The number of sulfonamides is 1. The van der Waals surface area contributed by atoms with Gasteiger partial charge in [-0.1, -0.05) is 12.1 Å². The lowest BCUT2D eigenvalue weighted by molar-refractivity contribution is -0.119. The van der Waals surface area contributed by atoms with Gasteiger partial charge in [-0.15, -0.1) is 0 Å². The lowest BCUT2D eigenvalue weighted by atomic mass is 10.3. The molecule has 7 nitrogen and oxygen atoms in total. The number of hydrogen-bond donors (Lipinski definition) is 0. The molecule has 1 aromatic heterocycles. The summed E-state index contributed by atoms with van der Waals surface area (Å²) in [6.45, 7) is 0.273. The summed E-state index contributed by atoms with van der Waals surface area (Å²) in [5.74, 6) is -0.0210. The van der Waals surface area contributed by atoms with Crippen LogP contribution in [0.3, 0.4) is 0 Å². The molecule has 0 atom stereocenters. The first kappa shape index (κ1) is 16.4. The summed E-state index contributed by atoms with van der Waals surface area (Å²) in [5.41, 5.74) is 0.664. The van der Waals surface area contributed by atoms with Crippen LogP contribution >= 0.6 is 0 Å². The minimum atomic E-state index is -3.80. The molecule has 0 spiro atoms. The Bertz CT molecular complexity index is 839. The molecule has 1 aromatic carbocycles. The normalized spacial score (nSPS) is 16.2. The smallest absolute Gasteiger partial charge is 0.247 e. The standard InChI is InChI=1S/C16H17N3O4S/c1-23-14-6-2-3-7-15(14)24(21,22)18-9-10-19(16(20)12-18)13-5-4-8-17-11-13/h2-8,11H,9-10,12H2,1H3. The molecular formula is C16H17N3O4S. The van der Waals surface area contributed by atoms with Gasteiger partial charge in [0.25, 0.3) is 0 Å². The number of anilines is 1. The molecule has 1 aliphatic heterocycles. The molecule has 1 amide bonds. The number of hydrogen-bond acceptors (Lipinski definition) is 5. The fourth-order valence-electron chi connectivity index (χ4n) is 2.61. The Hall–Kier alpha value is -2.45. The Morgan fingerprint density at radius 1 is 1.12 bits per heavy atom. The first-order valence-electron chi connectivity index (χ1n) is 7.37. The number of amides is 1. The summed E-state index contributed by atoms with van der Waals surface area (Å²) in [4.78, 5) is 18.0. The van der Waals surface area contributed by atoms with E-state index in [0.717, 1.165) is 0 Å². The zero-order valence-corrected chi connectivity index (χ0v) is 13.9. The van der Waals surface area contributed by atoms with Crippen molar-refractivity contribution in [1.82, 2.24) is 9.29 Å². The summed E-state index contributed by atoms with van der Waals surface area (Å²) in [6, 6.07) is 9.90. The van der Waals surface area contributed by atoms with E-state index >= 15 is 0 Å². The molecule has 126 valence electrons. The molecular weight excluding hydrogens is 330 g/mol. The van der Waals surface area contributed by atoms with Gasteiger partial charge in [0.15, 0.2) is 0 Å². The minimum absolute atomic E-state index is 0.0649. The van der Waals surface area contributed by atoms with Gasteiger partial charge in [-0.25, -0.2) is 8.42 Å². The highest BCUT2D eigenvalue weighted by Crippen LogP contribution is 2.27. The second kappa shape index (κ2) is 6.58. The fourth-order valence-corrected chi connectivity index (χ4v) is 4.15. The van der Waals surface area contributed by atoms with Crippen LogP contribution in [0, 0.1) is 0 Å². The first-order chi connectivity index (χ1) is 11.5. The van der Waals surface area contributed by atoms with Gasteiger partial charge >= 0.3 is 0 Å². The van der Waals surface area contributed by atoms with Crippen LogP contribution in [0.15, 0.2) is 53.7 Å². The Labute approximate surface area is 140 Å². The van der Waals surface area contributed by atoms with Crippen molar-refractivity contribution in [3.63, 3.8) is 0 Å². The average molecular weight is 347 g/mol. The van der Waals surface area contributed by atoms with Gasteiger partial charge < -0.3 is 9.64 Å². The summed E-state index contributed by atoms with van der Waals surface area (Å²) >= 11 is 0. The minimum Gasteiger partial charge on any atom is -0.495 e. The van der Waals surface area contributed by atoms with Crippen molar-refractivity contribution in [2.45, 2.75) is 4.90 Å². The van der Waals surface area contributed by atoms with Crippen LogP contribution < -0.4 is 9.64 Å². The number of rotatable bonds is 4. The van der Waals surface area contributed by atoms with E-state index in [1.165, 1.54) is 17.5 Å². The van der Waals surface area contributed by atoms with Gasteiger partial charge in [-0.3, -0.25) is 9.78 Å². The number of piperazine rings is 1. The van der Waals surface area contributed by atoms with Crippen molar-refractivity contribution in [3.8, 4) is 5.75 Å². The molecule has 1 fully saturated rings. The average Bonchev–Trinajstić information content (AvgIpc) is 2.62. The van der Waals surface area contributed by atoms with E-state index in [2.05, 4.69) is 4.98 Å². The van der Waals surface area contributed by atoms with Crippen LogP contribution in [0.1, 0.15) is 0 Å². The number of benzene rings is 1. The van der Waals surface area contributed by atoms with Gasteiger partial charge in [-0.05, 0) is 24.3 Å². The van der Waals surface area contributed by atoms with E-state index in [1.54, 1.807) is 47.6 Å². The summed E-state index contributed by atoms with van der Waals surface area (Å²) in [5, 5.41) is 0. The summed E-state index contributed by atoms with van der Waals surface area (Å²) in [6.07, 6.45) is 3.21. The lowest BCUT2D eigenvalue weighted by Gasteiger charge is -2.33. The molecule has 0 saturated carbocycles. The van der Waals surface area contributed by atoms with Crippen LogP contribution in [-0.2, 0) is 14.8 Å². The predicted molar refractivity (Wildman–Crippen MR) is 88.3 cm³/mol. The zero-order valence-electron chi connectivity index (χ0n) is 13.1. The van der Waals surface area contributed by atoms with E-state index in [0.29, 0.717) is 5.69 Å². The number of methoxy groups -OCH3 is 1. The van der Waals surface area contributed by atoms with Gasteiger partial charge in [0.05, 0.1) is 25.5 Å². The zero-order chi connectivity index (χ0) is 17.2. The van der Waals surface area contributed by atoms with E-state index in [4.69, 9.17) is 4.74 Å². The number of carbonyl (C=O) groups excluding carboxylic acids is 1. The van der Waals surface area contributed by atoms with Crippen LogP contribution in [0.4, 0.5) is 5.69 Å². The molecule has 2 aromatic rings. The third-order valence-corrected chi connectivity index (χ3v) is 5.71. The molecule has 1 aliphatic rings. The van der Waals surface area contributed by atoms with Crippen molar-refractivity contribution >= 4 is 21.6 Å². The number of para-hydroxylation sites is 1. The fraction of sp³-hybridized carbons (Fsp3) is 0.250. The Morgan fingerprint density at radius 3 is 2.58 bits per heavy atom. The van der Waals surface area contributed by atoms with Crippen molar-refractivity contribution in [2.24, 2.45) is 0 Å². The van der Waals surface area contributed by atoms with Crippen LogP contribution in [-0.4, -0.2) is 50.4 Å². The maximum Gasteiger partial charge on any atom is 0.247 e. The van der Waals surface area contributed by atoms with E-state index in [1.807, 2.05) is 0 Å². The number of pyridine rings is 1. The van der Waals surface area contributed by atoms with E-state index < -0.39 is 10.0 Å². The molecule has 0 radical (unpaired) electrons. The van der Waals surface area contributed by atoms with Crippen molar-refractivity contribution < 1.29 is 17.9 Å². The van der Waals surface area contributed by atoms with Crippen LogP contribution in [0.2, 0.25) is 0 Å². The van der Waals surface area contributed by atoms with Crippen molar-refractivity contribution in [3.05, 3.63) is 48.8 Å². The second-order valence-corrected chi connectivity index (χ2v) is 7.15. The molecule has 1 saturated heterocycles. The topological polar surface area (TPSA) is 79.8 Å². The van der Waals surface area contributed by atoms with E-state index in [9.17, 15) is 13.2 Å². The quantitative estimate of drug-likeness (QED) is 0.828. The highest BCUT2D eigenvalue weighted by atomic mass is 32.2. The lowest BCUT2D eigenvalue weighted by Crippen LogP contribution is -2.52. The molecule has 2 heterocycles. The van der Waals surface area contributed by atoms with Gasteiger partial charge in [-0.2, -0.15) is 4.31 Å². The largest absolute Gasteiger partial charge is 0.495 e. The number of nitrogens with zero attached hydrogens (tertiary/aromatic N) is 3. The molecule has 24 heavy (non-hydrogen) atoms. The Morgan fingerprint density at radius 2 is 1.92 bits per heavy atom. The van der Waals surface area contributed by atoms with Crippen LogP contribution in [0.25, 0.3) is 0 Å². The van der Waals surface area contributed by atoms with Gasteiger partial charge in [0, 0.05) is 19.3 Å². The Balaban J connectivity index is 1.84. The molecule has 3 rings (SSSR count). The van der Waals surface area contributed by atoms with Crippen molar-refractivity contribution in [1.29, 1.82) is 0 Å². The predicted octanol–water partition coefficient (Wildman–Crippen LogP) is 1.13. The maximum absolute atomic E-state index is 12.8. The first-order valence-corrected chi connectivity index (χ1v) is 8.81.